The first-order valence-electron chi connectivity index (χ1n) is 4.30. The van der Waals surface area contributed by atoms with Crippen molar-refractivity contribution in [3.8, 4) is 0 Å². The maximum absolute atomic E-state index is 10.5. The SMILES string of the molecule is C=CC(C)NCc1cc(C(=O)O)co1. The fourth-order valence-corrected chi connectivity index (χ4v) is 0.930. The average Bonchev–Trinajstić information content (AvgIpc) is 2.62. The van der Waals surface area contributed by atoms with E-state index in [4.69, 9.17) is 9.52 Å². The van der Waals surface area contributed by atoms with Crippen molar-refractivity contribution in [3.63, 3.8) is 0 Å². The van der Waals surface area contributed by atoms with Gasteiger partial charge in [0.2, 0.25) is 0 Å². The molecule has 4 heteroatoms. The molecule has 1 atom stereocenters. The van der Waals surface area contributed by atoms with Crippen LogP contribution in [0.1, 0.15) is 23.0 Å². The first-order chi connectivity index (χ1) is 6.63. The van der Waals surface area contributed by atoms with Gasteiger partial charge in [0.1, 0.15) is 12.0 Å². The van der Waals surface area contributed by atoms with Crippen LogP contribution in [0.5, 0.6) is 0 Å². The van der Waals surface area contributed by atoms with Crippen LogP contribution in [0, 0.1) is 0 Å². The van der Waals surface area contributed by atoms with E-state index < -0.39 is 5.97 Å². The summed E-state index contributed by atoms with van der Waals surface area (Å²) in [6.07, 6.45) is 3.00. The molecule has 1 unspecified atom stereocenters. The molecule has 1 heterocycles. The molecule has 4 nitrogen and oxygen atoms in total. The Bertz CT molecular complexity index is 330. The summed E-state index contributed by atoms with van der Waals surface area (Å²) in [6.45, 7) is 6.07. The molecule has 0 aromatic carbocycles. The highest BCUT2D eigenvalue weighted by Crippen LogP contribution is 2.07. The van der Waals surface area contributed by atoms with Crippen LogP contribution in [0.3, 0.4) is 0 Å². The Morgan fingerprint density at radius 3 is 3.07 bits per heavy atom. The summed E-state index contributed by atoms with van der Waals surface area (Å²) in [5.74, 6) is -0.368. The van der Waals surface area contributed by atoms with Gasteiger partial charge in [-0.3, -0.25) is 0 Å². The van der Waals surface area contributed by atoms with Crippen LogP contribution < -0.4 is 5.32 Å². The summed E-state index contributed by atoms with van der Waals surface area (Å²) in [7, 11) is 0. The molecule has 2 N–H and O–H groups in total. The van der Waals surface area contributed by atoms with Crippen LogP contribution >= 0.6 is 0 Å². The normalized spacial score (nSPS) is 12.4. The molecule has 0 fully saturated rings. The Labute approximate surface area is 82.2 Å². The van der Waals surface area contributed by atoms with E-state index in [9.17, 15) is 4.79 Å². The first kappa shape index (κ1) is 10.5. The fraction of sp³-hybridized carbons (Fsp3) is 0.300. The van der Waals surface area contributed by atoms with E-state index in [-0.39, 0.29) is 11.6 Å². The molecule has 0 bridgehead atoms. The van der Waals surface area contributed by atoms with Crippen LogP contribution in [0.4, 0.5) is 0 Å². The molecule has 0 aliphatic rings. The first-order valence-corrected chi connectivity index (χ1v) is 4.30. The largest absolute Gasteiger partial charge is 0.478 e. The number of aromatic carboxylic acids is 1. The molecular weight excluding hydrogens is 182 g/mol. The molecule has 0 radical (unpaired) electrons. The van der Waals surface area contributed by atoms with Crippen LogP contribution in [-0.2, 0) is 6.54 Å². The van der Waals surface area contributed by atoms with Gasteiger partial charge in [-0.15, -0.1) is 6.58 Å². The molecular formula is C10H13NO3. The highest BCUT2D eigenvalue weighted by molar-refractivity contribution is 5.87. The fourth-order valence-electron chi connectivity index (χ4n) is 0.930. The van der Waals surface area contributed by atoms with E-state index in [1.807, 2.05) is 6.92 Å². The molecule has 1 rings (SSSR count). The molecule has 1 aromatic rings. The van der Waals surface area contributed by atoms with Gasteiger partial charge in [-0.1, -0.05) is 6.08 Å². The second-order valence-electron chi connectivity index (χ2n) is 3.01. The van der Waals surface area contributed by atoms with E-state index in [1.165, 1.54) is 12.3 Å². The predicted molar refractivity (Wildman–Crippen MR) is 52.2 cm³/mol. The van der Waals surface area contributed by atoms with Gasteiger partial charge >= 0.3 is 5.97 Å². The van der Waals surface area contributed by atoms with E-state index >= 15 is 0 Å². The molecule has 0 saturated heterocycles. The summed E-state index contributed by atoms with van der Waals surface area (Å²) in [5, 5.41) is 11.7. The zero-order chi connectivity index (χ0) is 10.6. The van der Waals surface area contributed by atoms with Crippen molar-refractivity contribution in [1.29, 1.82) is 0 Å². The van der Waals surface area contributed by atoms with Gasteiger partial charge in [-0.05, 0) is 13.0 Å². The molecule has 14 heavy (non-hydrogen) atoms. The van der Waals surface area contributed by atoms with Crippen molar-refractivity contribution < 1.29 is 14.3 Å². The van der Waals surface area contributed by atoms with Crippen molar-refractivity contribution in [2.45, 2.75) is 19.5 Å². The zero-order valence-electron chi connectivity index (χ0n) is 7.99. The minimum atomic E-state index is -0.975. The monoisotopic (exact) mass is 195 g/mol. The lowest BCUT2D eigenvalue weighted by molar-refractivity contribution is 0.0696. The van der Waals surface area contributed by atoms with Gasteiger partial charge in [-0.2, -0.15) is 0 Å². The van der Waals surface area contributed by atoms with Gasteiger partial charge in [0, 0.05) is 6.04 Å². The number of rotatable bonds is 5. The highest BCUT2D eigenvalue weighted by atomic mass is 16.4. The Balaban J connectivity index is 2.51. The van der Waals surface area contributed by atoms with E-state index in [1.54, 1.807) is 6.08 Å². The molecule has 0 spiro atoms. The second kappa shape index (κ2) is 4.62. The number of hydrogen-bond donors (Lipinski definition) is 2. The number of carboxylic acid groups (broad SMARTS) is 1. The van der Waals surface area contributed by atoms with Crippen molar-refractivity contribution in [2.24, 2.45) is 0 Å². The molecule has 1 aromatic heterocycles. The number of furan rings is 1. The zero-order valence-corrected chi connectivity index (χ0v) is 7.99. The van der Waals surface area contributed by atoms with Crippen molar-refractivity contribution in [3.05, 3.63) is 36.3 Å². The lowest BCUT2D eigenvalue weighted by Crippen LogP contribution is -2.22. The second-order valence-corrected chi connectivity index (χ2v) is 3.01. The third kappa shape index (κ3) is 2.74. The summed E-state index contributed by atoms with van der Waals surface area (Å²) in [4.78, 5) is 10.5. The average molecular weight is 195 g/mol. The van der Waals surface area contributed by atoms with E-state index in [0.717, 1.165) is 0 Å². The molecule has 0 saturated carbocycles. The number of carboxylic acids is 1. The quantitative estimate of drug-likeness (QED) is 0.701. The maximum Gasteiger partial charge on any atom is 0.338 e. The van der Waals surface area contributed by atoms with Gasteiger partial charge < -0.3 is 14.8 Å². The predicted octanol–water partition coefficient (Wildman–Crippen LogP) is 1.64. The summed E-state index contributed by atoms with van der Waals surface area (Å²) in [6, 6.07) is 1.68. The lowest BCUT2D eigenvalue weighted by atomic mass is 10.3. The van der Waals surface area contributed by atoms with Crippen LogP contribution in [0.2, 0.25) is 0 Å². The number of nitrogens with one attached hydrogen (secondary N) is 1. The van der Waals surface area contributed by atoms with Gasteiger partial charge in [0.15, 0.2) is 0 Å². The molecule has 0 aliphatic heterocycles. The van der Waals surface area contributed by atoms with Crippen LogP contribution in [0.25, 0.3) is 0 Å². The van der Waals surface area contributed by atoms with Gasteiger partial charge in [-0.25, -0.2) is 4.79 Å². The summed E-state index contributed by atoms with van der Waals surface area (Å²) < 4.78 is 5.04. The summed E-state index contributed by atoms with van der Waals surface area (Å²) >= 11 is 0. The minimum absolute atomic E-state index is 0.174. The van der Waals surface area contributed by atoms with Crippen molar-refractivity contribution in [1.82, 2.24) is 5.32 Å². The summed E-state index contributed by atoms with van der Waals surface area (Å²) in [5.41, 5.74) is 0.174. The maximum atomic E-state index is 10.5. The standard InChI is InChI=1S/C10H13NO3/c1-3-7(2)11-5-9-4-8(6-14-9)10(12)13/h3-4,6-7,11H,1,5H2,2H3,(H,12,13). The van der Waals surface area contributed by atoms with Gasteiger partial charge in [0.25, 0.3) is 0 Å². The lowest BCUT2D eigenvalue weighted by Gasteiger charge is -2.05. The minimum Gasteiger partial charge on any atom is -0.478 e. The van der Waals surface area contributed by atoms with Crippen LogP contribution in [0.15, 0.2) is 29.4 Å². The molecule has 76 valence electrons. The smallest absolute Gasteiger partial charge is 0.338 e. The third-order valence-electron chi connectivity index (χ3n) is 1.85. The Kier molecular flexibility index (Phi) is 3.48. The van der Waals surface area contributed by atoms with E-state index in [0.29, 0.717) is 12.3 Å². The molecule has 0 amide bonds. The molecule has 0 aliphatic carbocycles. The number of carbonyl (C=O) groups is 1. The Morgan fingerprint density at radius 1 is 1.86 bits per heavy atom. The van der Waals surface area contributed by atoms with Crippen LogP contribution in [-0.4, -0.2) is 17.1 Å². The van der Waals surface area contributed by atoms with Crippen molar-refractivity contribution in [2.75, 3.05) is 0 Å². The Hall–Kier alpha value is -1.55. The third-order valence-corrected chi connectivity index (χ3v) is 1.85. The van der Waals surface area contributed by atoms with Crippen molar-refractivity contribution >= 4 is 5.97 Å². The highest BCUT2D eigenvalue weighted by Gasteiger charge is 2.07. The van der Waals surface area contributed by atoms with E-state index in [2.05, 4.69) is 11.9 Å². The van der Waals surface area contributed by atoms with Gasteiger partial charge in [0.05, 0.1) is 12.1 Å². The number of hydrogen-bond acceptors (Lipinski definition) is 3. The topological polar surface area (TPSA) is 62.5 Å². The Morgan fingerprint density at radius 2 is 2.57 bits per heavy atom.